The van der Waals surface area contributed by atoms with E-state index in [0.29, 0.717) is 6.61 Å². The SMILES string of the molecule is CC1=C(CC2CNCCC2=NO)N(C)OC1. The molecule has 0 bridgehead atoms. The fourth-order valence-corrected chi connectivity index (χ4v) is 2.30. The molecule has 0 spiro atoms. The van der Waals surface area contributed by atoms with E-state index in [1.807, 2.05) is 12.1 Å². The monoisotopic (exact) mass is 225 g/mol. The molecule has 1 unspecified atom stereocenters. The van der Waals surface area contributed by atoms with Crippen LogP contribution >= 0.6 is 0 Å². The second-order valence-electron chi connectivity index (χ2n) is 4.44. The van der Waals surface area contributed by atoms with Gasteiger partial charge in [-0.1, -0.05) is 5.16 Å². The lowest BCUT2D eigenvalue weighted by Gasteiger charge is -2.26. The minimum Gasteiger partial charge on any atom is -0.411 e. The van der Waals surface area contributed by atoms with Crippen LogP contribution in [0.3, 0.4) is 0 Å². The summed E-state index contributed by atoms with van der Waals surface area (Å²) in [4.78, 5) is 5.42. The van der Waals surface area contributed by atoms with Gasteiger partial charge in [-0.25, -0.2) is 0 Å². The van der Waals surface area contributed by atoms with Gasteiger partial charge in [0.25, 0.3) is 0 Å². The van der Waals surface area contributed by atoms with Crippen LogP contribution in [0.5, 0.6) is 0 Å². The molecule has 0 aromatic carbocycles. The zero-order valence-electron chi connectivity index (χ0n) is 9.86. The van der Waals surface area contributed by atoms with E-state index >= 15 is 0 Å². The van der Waals surface area contributed by atoms with Gasteiger partial charge in [-0.15, -0.1) is 0 Å². The molecule has 0 aliphatic carbocycles. The van der Waals surface area contributed by atoms with E-state index in [9.17, 15) is 0 Å². The molecular formula is C11H19N3O2. The maximum Gasteiger partial charge on any atom is 0.0977 e. The largest absolute Gasteiger partial charge is 0.411 e. The Morgan fingerprint density at radius 2 is 2.44 bits per heavy atom. The molecule has 1 fully saturated rings. The summed E-state index contributed by atoms with van der Waals surface area (Å²) in [5.74, 6) is 0.285. The van der Waals surface area contributed by atoms with Gasteiger partial charge in [-0.2, -0.15) is 0 Å². The number of nitrogens with one attached hydrogen (secondary N) is 1. The highest BCUT2D eigenvalue weighted by Gasteiger charge is 2.26. The van der Waals surface area contributed by atoms with Gasteiger partial charge in [-0.3, -0.25) is 9.90 Å². The van der Waals surface area contributed by atoms with Crippen molar-refractivity contribution in [2.45, 2.75) is 19.8 Å². The van der Waals surface area contributed by atoms with Crippen molar-refractivity contribution in [3.05, 3.63) is 11.3 Å². The Morgan fingerprint density at radius 3 is 3.06 bits per heavy atom. The predicted octanol–water partition coefficient (Wildman–Crippen LogP) is 0.967. The van der Waals surface area contributed by atoms with E-state index in [0.717, 1.165) is 31.6 Å². The van der Waals surface area contributed by atoms with E-state index in [1.165, 1.54) is 11.3 Å². The van der Waals surface area contributed by atoms with Gasteiger partial charge >= 0.3 is 0 Å². The zero-order chi connectivity index (χ0) is 11.5. The maximum atomic E-state index is 8.97. The van der Waals surface area contributed by atoms with Crippen molar-refractivity contribution >= 4 is 5.71 Å². The van der Waals surface area contributed by atoms with Crippen LogP contribution in [0.1, 0.15) is 19.8 Å². The molecule has 2 rings (SSSR count). The number of hydrogen-bond donors (Lipinski definition) is 2. The molecule has 1 saturated heterocycles. The minimum atomic E-state index is 0.285. The Labute approximate surface area is 95.7 Å². The summed E-state index contributed by atoms with van der Waals surface area (Å²) in [6.07, 6.45) is 1.72. The lowest BCUT2D eigenvalue weighted by Crippen LogP contribution is -2.38. The van der Waals surface area contributed by atoms with Crippen LogP contribution in [0.4, 0.5) is 0 Å². The molecule has 16 heavy (non-hydrogen) atoms. The molecule has 2 aliphatic rings. The number of nitrogens with zero attached hydrogens (tertiary/aromatic N) is 2. The van der Waals surface area contributed by atoms with Crippen molar-refractivity contribution < 1.29 is 10.0 Å². The highest BCUT2D eigenvalue weighted by atomic mass is 16.7. The number of allylic oxidation sites excluding steroid dienone is 1. The molecule has 0 amide bonds. The molecule has 0 saturated carbocycles. The Kier molecular flexibility index (Phi) is 3.46. The van der Waals surface area contributed by atoms with Crippen LogP contribution in [0.15, 0.2) is 16.4 Å². The first-order chi connectivity index (χ1) is 7.72. The molecule has 0 radical (unpaired) electrons. The summed E-state index contributed by atoms with van der Waals surface area (Å²) in [5.41, 5.74) is 3.39. The van der Waals surface area contributed by atoms with Crippen molar-refractivity contribution in [1.29, 1.82) is 0 Å². The Morgan fingerprint density at radius 1 is 1.62 bits per heavy atom. The highest BCUT2D eigenvalue weighted by Crippen LogP contribution is 2.26. The molecule has 90 valence electrons. The van der Waals surface area contributed by atoms with E-state index in [-0.39, 0.29) is 5.92 Å². The topological polar surface area (TPSA) is 57.1 Å². The summed E-state index contributed by atoms with van der Waals surface area (Å²) >= 11 is 0. The molecule has 0 aromatic rings. The number of rotatable bonds is 2. The van der Waals surface area contributed by atoms with Gasteiger partial charge in [-0.05, 0) is 18.9 Å². The molecule has 2 aliphatic heterocycles. The molecule has 1 atom stereocenters. The number of oxime groups is 1. The van der Waals surface area contributed by atoms with Gasteiger partial charge in [0.1, 0.15) is 0 Å². The summed E-state index contributed by atoms with van der Waals surface area (Å²) in [5, 5.41) is 17.5. The maximum absolute atomic E-state index is 8.97. The Bertz CT molecular complexity index is 325. The van der Waals surface area contributed by atoms with Crippen molar-refractivity contribution in [3.63, 3.8) is 0 Å². The summed E-state index contributed by atoms with van der Waals surface area (Å²) in [6, 6.07) is 0. The third-order valence-electron chi connectivity index (χ3n) is 3.34. The van der Waals surface area contributed by atoms with Crippen molar-refractivity contribution in [3.8, 4) is 0 Å². The first kappa shape index (κ1) is 11.4. The van der Waals surface area contributed by atoms with Crippen LogP contribution in [0, 0.1) is 5.92 Å². The normalized spacial score (nSPS) is 29.2. The predicted molar refractivity (Wildman–Crippen MR) is 61.2 cm³/mol. The first-order valence-electron chi connectivity index (χ1n) is 5.69. The average Bonchev–Trinajstić information content (AvgIpc) is 2.61. The fraction of sp³-hybridized carbons (Fsp3) is 0.727. The average molecular weight is 225 g/mol. The van der Waals surface area contributed by atoms with E-state index in [4.69, 9.17) is 10.0 Å². The molecule has 0 aromatic heterocycles. The third-order valence-corrected chi connectivity index (χ3v) is 3.34. The van der Waals surface area contributed by atoms with Gasteiger partial charge in [0, 0.05) is 38.2 Å². The standard InChI is InChI=1S/C11H19N3O2/c1-8-7-16-14(2)11(8)5-9-6-12-4-3-10(9)13-15/h9,12,15H,3-7H2,1-2H3. The van der Waals surface area contributed by atoms with Crippen LogP contribution in [0.2, 0.25) is 0 Å². The second kappa shape index (κ2) is 4.84. The Balaban J connectivity index is 2.05. The van der Waals surface area contributed by atoms with Gasteiger partial charge in [0.05, 0.1) is 12.3 Å². The highest BCUT2D eigenvalue weighted by molar-refractivity contribution is 5.87. The molecule has 5 nitrogen and oxygen atoms in total. The molecular weight excluding hydrogens is 206 g/mol. The Hall–Kier alpha value is -1.07. The van der Waals surface area contributed by atoms with Crippen molar-refractivity contribution in [1.82, 2.24) is 10.4 Å². The number of piperidine rings is 1. The summed E-state index contributed by atoms with van der Waals surface area (Å²) < 4.78 is 0. The lowest BCUT2D eigenvalue weighted by molar-refractivity contribution is -0.0808. The summed E-state index contributed by atoms with van der Waals surface area (Å²) in [6.45, 7) is 4.55. The third kappa shape index (κ3) is 2.20. The quantitative estimate of drug-likeness (QED) is 0.543. The molecule has 2 N–H and O–H groups in total. The van der Waals surface area contributed by atoms with E-state index < -0.39 is 0 Å². The van der Waals surface area contributed by atoms with E-state index in [1.54, 1.807) is 0 Å². The van der Waals surface area contributed by atoms with Crippen LogP contribution in [-0.2, 0) is 4.84 Å². The van der Waals surface area contributed by atoms with E-state index in [2.05, 4.69) is 17.4 Å². The van der Waals surface area contributed by atoms with Crippen LogP contribution in [0.25, 0.3) is 0 Å². The van der Waals surface area contributed by atoms with Crippen LogP contribution < -0.4 is 5.32 Å². The molecule has 5 heteroatoms. The summed E-state index contributed by atoms with van der Waals surface area (Å²) in [7, 11) is 1.93. The molecule has 2 heterocycles. The second-order valence-corrected chi connectivity index (χ2v) is 4.44. The van der Waals surface area contributed by atoms with Gasteiger partial charge in [0.15, 0.2) is 0 Å². The van der Waals surface area contributed by atoms with Gasteiger partial charge in [0.2, 0.25) is 0 Å². The first-order valence-corrected chi connectivity index (χ1v) is 5.69. The van der Waals surface area contributed by atoms with Gasteiger partial charge < -0.3 is 10.5 Å². The van der Waals surface area contributed by atoms with Crippen molar-refractivity contribution in [2.24, 2.45) is 11.1 Å². The number of hydrogen-bond acceptors (Lipinski definition) is 5. The fourth-order valence-electron chi connectivity index (χ4n) is 2.30. The minimum absolute atomic E-state index is 0.285. The smallest absolute Gasteiger partial charge is 0.0977 e. The van der Waals surface area contributed by atoms with Crippen LogP contribution in [-0.4, -0.2) is 42.7 Å². The lowest BCUT2D eigenvalue weighted by atomic mass is 9.91. The zero-order valence-corrected chi connectivity index (χ0v) is 9.86. The number of hydroxylamine groups is 2. The van der Waals surface area contributed by atoms with Crippen molar-refractivity contribution in [2.75, 3.05) is 26.7 Å².